The Morgan fingerprint density at radius 2 is 2.16 bits per heavy atom. The summed E-state index contributed by atoms with van der Waals surface area (Å²) in [7, 11) is 1.62. The Labute approximate surface area is 113 Å². The molecule has 1 amide bonds. The van der Waals surface area contributed by atoms with Crippen molar-refractivity contribution in [2.24, 2.45) is 11.8 Å². The number of aliphatic carboxylic acids is 1. The Bertz CT molecular complexity index is 320. The van der Waals surface area contributed by atoms with Gasteiger partial charge in [-0.1, -0.05) is 13.8 Å². The van der Waals surface area contributed by atoms with Crippen molar-refractivity contribution in [1.82, 2.24) is 10.6 Å². The van der Waals surface area contributed by atoms with Gasteiger partial charge in [0, 0.05) is 20.2 Å². The van der Waals surface area contributed by atoms with E-state index in [-0.39, 0.29) is 24.6 Å². The molecule has 0 aliphatic carbocycles. The van der Waals surface area contributed by atoms with E-state index in [0.29, 0.717) is 25.3 Å². The second kappa shape index (κ2) is 7.45. The van der Waals surface area contributed by atoms with Gasteiger partial charge >= 0.3 is 5.97 Å². The normalized spacial score (nSPS) is 24.4. The minimum Gasteiger partial charge on any atom is -0.481 e. The fraction of sp³-hybridized carbons (Fsp3) is 0.846. The molecule has 0 saturated carbocycles. The van der Waals surface area contributed by atoms with Gasteiger partial charge in [-0.05, 0) is 18.8 Å². The molecule has 1 aliphatic rings. The van der Waals surface area contributed by atoms with Crippen molar-refractivity contribution < 1.29 is 19.4 Å². The van der Waals surface area contributed by atoms with Crippen molar-refractivity contribution >= 4 is 11.9 Å². The molecule has 0 spiro atoms. The highest BCUT2D eigenvalue weighted by Gasteiger charge is 2.30. The number of nitrogens with one attached hydrogen (secondary N) is 2. The SMILES string of the molecule is COC1CNC(C(=O)NCC(CC(C)C)C(=O)O)C1. The third kappa shape index (κ3) is 5.16. The standard InChI is InChI=1S/C13H24N2O4/c1-8(2)4-9(13(17)18)6-15-12(16)11-5-10(19-3)7-14-11/h8-11,14H,4-7H2,1-3H3,(H,15,16)(H,17,18). The first-order valence-corrected chi connectivity index (χ1v) is 6.70. The van der Waals surface area contributed by atoms with Gasteiger partial charge in [-0.2, -0.15) is 0 Å². The summed E-state index contributed by atoms with van der Waals surface area (Å²) >= 11 is 0. The fourth-order valence-corrected chi connectivity index (χ4v) is 2.27. The van der Waals surface area contributed by atoms with Crippen molar-refractivity contribution in [1.29, 1.82) is 0 Å². The summed E-state index contributed by atoms with van der Waals surface area (Å²) in [6.45, 7) is 4.78. The number of carbonyl (C=O) groups is 2. The van der Waals surface area contributed by atoms with Crippen LogP contribution in [0.3, 0.4) is 0 Å². The Hall–Kier alpha value is -1.14. The van der Waals surface area contributed by atoms with E-state index in [1.165, 1.54) is 0 Å². The van der Waals surface area contributed by atoms with Gasteiger partial charge in [-0.15, -0.1) is 0 Å². The van der Waals surface area contributed by atoms with E-state index in [9.17, 15) is 9.59 Å². The highest BCUT2D eigenvalue weighted by atomic mass is 16.5. The lowest BCUT2D eigenvalue weighted by Crippen LogP contribution is -2.43. The van der Waals surface area contributed by atoms with E-state index in [1.54, 1.807) is 7.11 Å². The zero-order valence-electron chi connectivity index (χ0n) is 11.8. The number of hydrogen-bond donors (Lipinski definition) is 3. The van der Waals surface area contributed by atoms with Gasteiger partial charge in [-0.3, -0.25) is 9.59 Å². The van der Waals surface area contributed by atoms with Gasteiger partial charge in [0.15, 0.2) is 0 Å². The number of carboxylic acid groups (broad SMARTS) is 1. The second-order valence-corrected chi connectivity index (χ2v) is 5.46. The van der Waals surface area contributed by atoms with Crippen molar-refractivity contribution in [2.45, 2.75) is 38.8 Å². The minimum absolute atomic E-state index is 0.0571. The maximum Gasteiger partial charge on any atom is 0.308 e. The van der Waals surface area contributed by atoms with Crippen LogP contribution < -0.4 is 10.6 Å². The van der Waals surface area contributed by atoms with Crippen molar-refractivity contribution in [3.05, 3.63) is 0 Å². The van der Waals surface area contributed by atoms with Crippen LogP contribution in [0.2, 0.25) is 0 Å². The summed E-state index contributed by atoms with van der Waals surface area (Å²) in [4.78, 5) is 23.0. The van der Waals surface area contributed by atoms with Crippen LogP contribution in [0.4, 0.5) is 0 Å². The third-order valence-electron chi connectivity index (χ3n) is 3.37. The first kappa shape index (κ1) is 15.9. The van der Waals surface area contributed by atoms with Crippen LogP contribution in [0.5, 0.6) is 0 Å². The molecule has 0 aromatic heterocycles. The first-order valence-electron chi connectivity index (χ1n) is 6.70. The van der Waals surface area contributed by atoms with Crippen molar-refractivity contribution in [3.63, 3.8) is 0 Å². The average Bonchev–Trinajstić information content (AvgIpc) is 2.82. The number of methoxy groups -OCH3 is 1. The summed E-state index contributed by atoms with van der Waals surface area (Å²) in [6.07, 6.45) is 1.25. The van der Waals surface area contributed by atoms with Gasteiger partial charge in [0.05, 0.1) is 18.1 Å². The van der Waals surface area contributed by atoms with Gasteiger partial charge in [0.2, 0.25) is 5.91 Å². The summed E-state index contributed by atoms with van der Waals surface area (Å²) in [5, 5.41) is 14.9. The van der Waals surface area contributed by atoms with Gasteiger partial charge in [0.1, 0.15) is 0 Å². The highest BCUT2D eigenvalue weighted by Crippen LogP contribution is 2.12. The fourth-order valence-electron chi connectivity index (χ4n) is 2.27. The number of rotatable bonds is 7. The Balaban J connectivity index is 2.37. The topological polar surface area (TPSA) is 87.7 Å². The minimum atomic E-state index is -0.858. The lowest BCUT2D eigenvalue weighted by atomic mass is 9.97. The molecular weight excluding hydrogens is 248 g/mol. The summed E-state index contributed by atoms with van der Waals surface area (Å²) in [5.74, 6) is -1.23. The van der Waals surface area contributed by atoms with Crippen LogP contribution >= 0.6 is 0 Å². The van der Waals surface area contributed by atoms with Crippen LogP contribution in [0.1, 0.15) is 26.7 Å². The molecule has 6 nitrogen and oxygen atoms in total. The highest BCUT2D eigenvalue weighted by molar-refractivity contribution is 5.82. The molecule has 1 rings (SSSR count). The third-order valence-corrected chi connectivity index (χ3v) is 3.37. The Morgan fingerprint density at radius 3 is 2.63 bits per heavy atom. The predicted octanol–water partition coefficient (Wildman–Crippen LogP) is 0.226. The molecule has 3 atom stereocenters. The molecule has 19 heavy (non-hydrogen) atoms. The van der Waals surface area contributed by atoms with Crippen molar-refractivity contribution in [2.75, 3.05) is 20.2 Å². The molecule has 110 valence electrons. The van der Waals surface area contributed by atoms with E-state index in [4.69, 9.17) is 9.84 Å². The number of carbonyl (C=O) groups excluding carboxylic acids is 1. The molecule has 1 heterocycles. The molecule has 1 saturated heterocycles. The zero-order valence-corrected chi connectivity index (χ0v) is 11.8. The lowest BCUT2D eigenvalue weighted by molar-refractivity contribution is -0.142. The van der Waals surface area contributed by atoms with Crippen molar-refractivity contribution in [3.8, 4) is 0 Å². The molecule has 6 heteroatoms. The van der Waals surface area contributed by atoms with E-state index in [0.717, 1.165) is 0 Å². The monoisotopic (exact) mass is 272 g/mol. The summed E-state index contributed by atoms with van der Waals surface area (Å²) in [6, 6.07) is -0.279. The van der Waals surface area contributed by atoms with Crippen LogP contribution in [-0.4, -0.2) is 49.3 Å². The summed E-state index contributed by atoms with van der Waals surface area (Å²) in [5.41, 5.74) is 0. The lowest BCUT2D eigenvalue weighted by Gasteiger charge is -2.17. The maximum absolute atomic E-state index is 11.9. The molecule has 1 aliphatic heterocycles. The van der Waals surface area contributed by atoms with Crippen LogP contribution in [0, 0.1) is 11.8 Å². The maximum atomic E-state index is 11.9. The van der Waals surface area contributed by atoms with E-state index in [2.05, 4.69) is 10.6 Å². The molecular formula is C13H24N2O4. The Morgan fingerprint density at radius 1 is 1.47 bits per heavy atom. The number of carboxylic acids is 1. The zero-order chi connectivity index (χ0) is 14.4. The van der Waals surface area contributed by atoms with E-state index < -0.39 is 11.9 Å². The van der Waals surface area contributed by atoms with Crippen LogP contribution in [-0.2, 0) is 14.3 Å². The molecule has 0 aromatic carbocycles. The number of hydrogen-bond acceptors (Lipinski definition) is 4. The van der Waals surface area contributed by atoms with Gasteiger partial charge in [0.25, 0.3) is 0 Å². The summed E-state index contributed by atoms with van der Waals surface area (Å²) < 4.78 is 5.17. The smallest absolute Gasteiger partial charge is 0.308 e. The van der Waals surface area contributed by atoms with E-state index >= 15 is 0 Å². The molecule has 3 N–H and O–H groups in total. The largest absolute Gasteiger partial charge is 0.481 e. The average molecular weight is 272 g/mol. The quantitative estimate of drug-likeness (QED) is 0.617. The Kier molecular flexibility index (Phi) is 6.24. The first-order chi connectivity index (χ1) is 8.93. The predicted molar refractivity (Wildman–Crippen MR) is 70.8 cm³/mol. The molecule has 0 radical (unpaired) electrons. The number of amides is 1. The molecule has 1 fully saturated rings. The molecule has 0 aromatic rings. The van der Waals surface area contributed by atoms with Crippen LogP contribution in [0.25, 0.3) is 0 Å². The molecule has 3 unspecified atom stereocenters. The van der Waals surface area contributed by atoms with Crippen LogP contribution in [0.15, 0.2) is 0 Å². The second-order valence-electron chi connectivity index (χ2n) is 5.46. The molecule has 0 bridgehead atoms. The van der Waals surface area contributed by atoms with Gasteiger partial charge in [-0.25, -0.2) is 0 Å². The van der Waals surface area contributed by atoms with E-state index in [1.807, 2.05) is 13.8 Å². The number of ether oxygens (including phenoxy) is 1. The van der Waals surface area contributed by atoms with Gasteiger partial charge < -0.3 is 20.5 Å².